The summed E-state index contributed by atoms with van der Waals surface area (Å²) < 4.78 is 0. The third-order valence-electron chi connectivity index (χ3n) is 2.56. The van der Waals surface area contributed by atoms with Crippen LogP contribution in [0.15, 0.2) is 0 Å². The van der Waals surface area contributed by atoms with Gasteiger partial charge in [0, 0.05) is 12.1 Å². The highest BCUT2D eigenvalue weighted by Crippen LogP contribution is 2.22. The minimum atomic E-state index is -0.167. The zero-order valence-corrected chi connectivity index (χ0v) is 7.75. The smallest absolute Gasteiger partial charge is 0.0667 e. The Hall–Kier alpha value is -0.0800. The Balaban J connectivity index is 2.51. The van der Waals surface area contributed by atoms with E-state index >= 15 is 0 Å². The number of likely N-dealkylation sites (tertiary alicyclic amines) is 1. The van der Waals surface area contributed by atoms with Crippen LogP contribution in [0.3, 0.4) is 0 Å². The number of nitrogens with zero attached hydrogens (tertiary/aromatic N) is 1. The predicted octanol–water partition coefficient (Wildman–Crippen LogP) is 1.24. The van der Waals surface area contributed by atoms with Gasteiger partial charge in [-0.05, 0) is 40.2 Å². The van der Waals surface area contributed by atoms with Gasteiger partial charge in [0.15, 0.2) is 0 Å². The Morgan fingerprint density at radius 1 is 1.36 bits per heavy atom. The quantitative estimate of drug-likeness (QED) is 0.652. The van der Waals surface area contributed by atoms with Gasteiger partial charge in [-0.1, -0.05) is 0 Å². The molecular weight excluding hydrogens is 138 g/mol. The topological polar surface area (TPSA) is 23.5 Å². The number of hydrogen-bond donors (Lipinski definition) is 1. The van der Waals surface area contributed by atoms with Crippen LogP contribution >= 0.6 is 0 Å². The van der Waals surface area contributed by atoms with Crippen molar-refractivity contribution in [1.82, 2.24) is 4.90 Å². The number of aliphatic hydroxyl groups is 1. The molecule has 0 unspecified atom stereocenters. The number of aliphatic hydroxyl groups excluding tert-OH is 1. The molecule has 0 spiro atoms. The molecule has 0 aromatic heterocycles. The van der Waals surface area contributed by atoms with Gasteiger partial charge in [0.1, 0.15) is 0 Å². The third-order valence-corrected chi connectivity index (χ3v) is 2.56. The molecule has 11 heavy (non-hydrogen) atoms. The summed E-state index contributed by atoms with van der Waals surface area (Å²) in [5.74, 6) is 0. The van der Waals surface area contributed by atoms with Gasteiger partial charge in [-0.3, -0.25) is 4.90 Å². The van der Waals surface area contributed by atoms with Crippen LogP contribution in [0.25, 0.3) is 0 Å². The van der Waals surface area contributed by atoms with Gasteiger partial charge in [-0.15, -0.1) is 0 Å². The standard InChI is InChI=1S/C9H19NO/c1-7(2)10-6-4-5-9(10)8(3)11/h7-9,11H,4-6H2,1-3H3/t8-,9+/m1/s1. The van der Waals surface area contributed by atoms with Crippen LogP contribution in [0.5, 0.6) is 0 Å². The van der Waals surface area contributed by atoms with Gasteiger partial charge in [0.2, 0.25) is 0 Å². The minimum Gasteiger partial charge on any atom is -0.392 e. The summed E-state index contributed by atoms with van der Waals surface area (Å²) in [6.07, 6.45) is 2.24. The number of hydrogen-bond acceptors (Lipinski definition) is 2. The van der Waals surface area contributed by atoms with Crippen LogP contribution in [0, 0.1) is 0 Å². The first kappa shape index (κ1) is 9.01. The second kappa shape index (κ2) is 3.55. The summed E-state index contributed by atoms with van der Waals surface area (Å²) in [6.45, 7) is 7.44. The summed E-state index contributed by atoms with van der Waals surface area (Å²) in [4.78, 5) is 2.39. The molecule has 0 aromatic rings. The van der Waals surface area contributed by atoms with Crippen molar-refractivity contribution in [3.8, 4) is 0 Å². The maximum Gasteiger partial charge on any atom is 0.0667 e. The van der Waals surface area contributed by atoms with Crippen LogP contribution < -0.4 is 0 Å². The summed E-state index contributed by atoms with van der Waals surface area (Å²) in [5, 5.41) is 9.43. The van der Waals surface area contributed by atoms with Crippen molar-refractivity contribution in [3.63, 3.8) is 0 Å². The molecule has 66 valence electrons. The van der Waals surface area contributed by atoms with Crippen molar-refractivity contribution < 1.29 is 5.11 Å². The van der Waals surface area contributed by atoms with E-state index in [1.165, 1.54) is 6.42 Å². The fourth-order valence-corrected chi connectivity index (χ4v) is 1.97. The summed E-state index contributed by atoms with van der Waals surface area (Å²) in [5.41, 5.74) is 0. The van der Waals surface area contributed by atoms with Crippen LogP contribution in [0.2, 0.25) is 0 Å². The van der Waals surface area contributed by atoms with E-state index in [0.29, 0.717) is 12.1 Å². The molecule has 1 aliphatic rings. The first-order chi connectivity index (χ1) is 5.13. The number of rotatable bonds is 2. The van der Waals surface area contributed by atoms with E-state index in [1.807, 2.05) is 6.92 Å². The lowest BCUT2D eigenvalue weighted by molar-refractivity contribution is 0.0700. The van der Waals surface area contributed by atoms with Crippen molar-refractivity contribution >= 4 is 0 Å². The maximum atomic E-state index is 9.43. The molecule has 1 rings (SSSR count). The summed E-state index contributed by atoms with van der Waals surface area (Å²) in [7, 11) is 0. The predicted molar refractivity (Wildman–Crippen MR) is 46.5 cm³/mol. The molecule has 0 radical (unpaired) electrons. The van der Waals surface area contributed by atoms with Crippen molar-refractivity contribution in [2.45, 2.75) is 51.8 Å². The molecule has 1 N–H and O–H groups in total. The normalized spacial score (nSPS) is 29.7. The lowest BCUT2D eigenvalue weighted by Crippen LogP contribution is -2.41. The van der Waals surface area contributed by atoms with Crippen LogP contribution in [0.4, 0.5) is 0 Å². The average Bonchev–Trinajstić information content (AvgIpc) is 2.32. The first-order valence-electron chi connectivity index (χ1n) is 4.56. The molecule has 1 aliphatic heterocycles. The Morgan fingerprint density at radius 2 is 2.00 bits per heavy atom. The largest absolute Gasteiger partial charge is 0.392 e. The Morgan fingerprint density at radius 3 is 2.36 bits per heavy atom. The summed E-state index contributed by atoms with van der Waals surface area (Å²) in [6, 6.07) is 0.993. The zero-order chi connectivity index (χ0) is 8.43. The van der Waals surface area contributed by atoms with Gasteiger partial charge >= 0.3 is 0 Å². The first-order valence-corrected chi connectivity index (χ1v) is 4.56. The summed E-state index contributed by atoms with van der Waals surface area (Å²) >= 11 is 0. The molecule has 0 aliphatic carbocycles. The molecule has 2 atom stereocenters. The molecule has 0 amide bonds. The monoisotopic (exact) mass is 157 g/mol. The maximum absolute atomic E-state index is 9.43. The molecule has 1 saturated heterocycles. The van der Waals surface area contributed by atoms with Gasteiger partial charge in [0.25, 0.3) is 0 Å². The molecule has 2 nitrogen and oxygen atoms in total. The fourth-order valence-electron chi connectivity index (χ4n) is 1.97. The minimum absolute atomic E-state index is 0.167. The average molecular weight is 157 g/mol. The van der Waals surface area contributed by atoms with E-state index in [-0.39, 0.29) is 6.10 Å². The van der Waals surface area contributed by atoms with Gasteiger partial charge in [-0.2, -0.15) is 0 Å². The molecule has 2 heteroatoms. The van der Waals surface area contributed by atoms with E-state index in [0.717, 1.165) is 13.0 Å². The fraction of sp³-hybridized carbons (Fsp3) is 1.00. The van der Waals surface area contributed by atoms with Crippen molar-refractivity contribution in [1.29, 1.82) is 0 Å². The van der Waals surface area contributed by atoms with Crippen molar-refractivity contribution in [2.24, 2.45) is 0 Å². The second-order valence-electron chi connectivity index (χ2n) is 3.78. The Labute approximate surface area is 69.2 Å². The third kappa shape index (κ3) is 1.94. The van der Waals surface area contributed by atoms with Crippen molar-refractivity contribution in [2.75, 3.05) is 6.54 Å². The molecule has 1 heterocycles. The second-order valence-corrected chi connectivity index (χ2v) is 3.78. The van der Waals surface area contributed by atoms with E-state index < -0.39 is 0 Å². The zero-order valence-electron chi connectivity index (χ0n) is 7.75. The molecule has 0 aromatic carbocycles. The SMILES string of the molecule is CC(C)N1CCC[C@H]1[C@@H](C)O. The van der Waals surface area contributed by atoms with Crippen molar-refractivity contribution in [3.05, 3.63) is 0 Å². The Kier molecular flexibility index (Phi) is 2.90. The van der Waals surface area contributed by atoms with Crippen LogP contribution in [-0.4, -0.2) is 34.7 Å². The Bertz CT molecular complexity index is 109. The lowest BCUT2D eigenvalue weighted by Gasteiger charge is -2.29. The molecular formula is C9H19NO. The highest BCUT2D eigenvalue weighted by molar-refractivity contribution is 4.84. The van der Waals surface area contributed by atoms with Gasteiger partial charge in [-0.25, -0.2) is 0 Å². The molecule has 1 fully saturated rings. The highest BCUT2D eigenvalue weighted by Gasteiger charge is 2.29. The van der Waals surface area contributed by atoms with E-state index in [2.05, 4.69) is 18.7 Å². The van der Waals surface area contributed by atoms with Crippen LogP contribution in [-0.2, 0) is 0 Å². The van der Waals surface area contributed by atoms with E-state index in [9.17, 15) is 5.11 Å². The lowest BCUT2D eigenvalue weighted by atomic mass is 10.1. The van der Waals surface area contributed by atoms with Crippen LogP contribution in [0.1, 0.15) is 33.6 Å². The van der Waals surface area contributed by atoms with E-state index in [1.54, 1.807) is 0 Å². The molecule has 0 saturated carbocycles. The highest BCUT2D eigenvalue weighted by atomic mass is 16.3. The van der Waals surface area contributed by atoms with E-state index in [4.69, 9.17) is 0 Å². The van der Waals surface area contributed by atoms with Gasteiger partial charge in [0.05, 0.1) is 6.10 Å². The molecule has 0 bridgehead atoms. The van der Waals surface area contributed by atoms with Gasteiger partial charge < -0.3 is 5.11 Å².